The summed E-state index contributed by atoms with van der Waals surface area (Å²) in [5.41, 5.74) is 2.77. The highest BCUT2D eigenvalue weighted by atomic mass is 32.1. The van der Waals surface area contributed by atoms with Crippen molar-refractivity contribution in [1.29, 1.82) is 0 Å². The second kappa shape index (κ2) is 8.22. The molecule has 1 aromatic heterocycles. The lowest BCUT2D eigenvalue weighted by Gasteiger charge is -2.10. The minimum atomic E-state index is -4.37. The van der Waals surface area contributed by atoms with Gasteiger partial charge in [-0.05, 0) is 35.9 Å². The van der Waals surface area contributed by atoms with Crippen molar-refractivity contribution in [3.05, 3.63) is 81.8 Å². The Kier molecular flexibility index (Phi) is 5.75. The predicted octanol–water partition coefficient (Wildman–Crippen LogP) is 4.67. The maximum absolute atomic E-state index is 12.6. The molecule has 0 spiro atoms. The van der Waals surface area contributed by atoms with Crippen LogP contribution in [0.1, 0.15) is 27.2 Å². The molecule has 4 nitrogen and oxygen atoms in total. The van der Waals surface area contributed by atoms with E-state index in [0.29, 0.717) is 23.5 Å². The normalized spacial score (nSPS) is 11.2. The maximum Gasteiger partial charge on any atom is 0.416 e. The Balaban J connectivity index is 1.57. The first-order chi connectivity index (χ1) is 12.9. The van der Waals surface area contributed by atoms with Crippen molar-refractivity contribution >= 4 is 17.2 Å². The largest absolute Gasteiger partial charge is 0.487 e. The average molecular weight is 392 g/mol. The zero-order chi connectivity index (χ0) is 19.3. The van der Waals surface area contributed by atoms with Crippen LogP contribution in [0.4, 0.5) is 13.2 Å². The number of nitrogens with one attached hydrogen (secondary N) is 1. The van der Waals surface area contributed by atoms with E-state index in [1.807, 2.05) is 5.38 Å². The molecule has 1 amide bonds. The number of carbonyl (C=O) groups excluding carboxylic acids is 1. The van der Waals surface area contributed by atoms with Crippen LogP contribution >= 0.6 is 11.3 Å². The molecule has 0 saturated carbocycles. The number of aromatic nitrogens is 1. The number of alkyl halides is 3. The first-order valence-corrected chi connectivity index (χ1v) is 8.90. The minimum Gasteiger partial charge on any atom is -0.487 e. The molecular formula is C19H15F3N2O2S. The lowest BCUT2D eigenvalue weighted by molar-refractivity contribution is -0.137. The van der Waals surface area contributed by atoms with Crippen molar-refractivity contribution in [2.75, 3.05) is 0 Å². The van der Waals surface area contributed by atoms with Gasteiger partial charge < -0.3 is 10.1 Å². The van der Waals surface area contributed by atoms with Crippen molar-refractivity contribution in [3.8, 4) is 5.75 Å². The van der Waals surface area contributed by atoms with E-state index in [0.717, 1.165) is 17.8 Å². The molecule has 0 fully saturated rings. The lowest BCUT2D eigenvalue weighted by atomic mass is 10.1. The van der Waals surface area contributed by atoms with Crippen LogP contribution in [-0.4, -0.2) is 10.9 Å². The summed E-state index contributed by atoms with van der Waals surface area (Å²) in [5.74, 6) is 0.194. The van der Waals surface area contributed by atoms with Gasteiger partial charge in [0.25, 0.3) is 5.91 Å². The summed E-state index contributed by atoms with van der Waals surface area (Å²) >= 11 is 1.47. The van der Waals surface area contributed by atoms with E-state index in [4.69, 9.17) is 4.74 Å². The lowest BCUT2D eigenvalue weighted by Crippen LogP contribution is -2.22. The summed E-state index contributed by atoms with van der Waals surface area (Å²) in [6, 6.07) is 11.4. The summed E-state index contributed by atoms with van der Waals surface area (Å²) in [4.78, 5) is 16.4. The van der Waals surface area contributed by atoms with Gasteiger partial charge in [-0.1, -0.05) is 18.2 Å². The van der Waals surface area contributed by atoms with Gasteiger partial charge in [0.15, 0.2) is 0 Å². The number of hydrogen-bond donors (Lipinski definition) is 1. The summed E-state index contributed by atoms with van der Waals surface area (Å²) < 4.78 is 43.3. The van der Waals surface area contributed by atoms with Crippen molar-refractivity contribution in [2.24, 2.45) is 0 Å². The number of benzene rings is 2. The van der Waals surface area contributed by atoms with E-state index < -0.39 is 11.7 Å². The molecule has 0 unspecified atom stereocenters. The molecule has 27 heavy (non-hydrogen) atoms. The number of carbonyl (C=O) groups is 1. The smallest absolute Gasteiger partial charge is 0.416 e. The molecule has 8 heteroatoms. The molecule has 1 N–H and O–H groups in total. The molecule has 0 aliphatic carbocycles. The van der Waals surface area contributed by atoms with Crippen LogP contribution in [0.15, 0.2) is 59.4 Å². The first-order valence-electron chi connectivity index (χ1n) is 7.96. The molecule has 1 heterocycles. The van der Waals surface area contributed by atoms with E-state index in [9.17, 15) is 18.0 Å². The third-order valence-corrected chi connectivity index (χ3v) is 4.34. The molecule has 0 saturated heterocycles. The zero-order valence-corrected chi connectivity index (χ0v) is 14.8. The fourth-order valence-corrected chi connectivity index (χ4v) is 2.83. The molecule has 0 bridgehead atoms. The highest BCUT2D eigenvalue weighted by molar-refractivity contribution is 7.07. The number of ether oxygens (including phenoxy) is 1. The fraction of sp³-hybridized carbons (Fsp3) is 0.158. The van der Waals surface area contributed by atoms with Crippen molar-refractivity contribution in [3.63, 3.8) is 0 Å². The molecule has 140 valence electrons. The molecule has 0 atom stereocenters. The number of nitrogens with zero attached hydrogens (tertiary/aromatic N) is 1. The van der Waals surface area contributed by atoms with Gasteiger partial charge in [-0.15, -0.1) is 11.3 Å². The Morgan fingerprint density at radius 3 is 2.59 bits per heavy atom. The summed E-state index contributed by atoms with van der Waals surface area (Å²) in [5, 5.41) is 4.56. The average Bonchev–Trinajstić information content (AvgIpc) is 3.18. The van der Waals surface area contributed by atoms with Crippen LogP contribution in [-0.2, 0) is 19.3 Å². The van der Waals surface area contributed by atoms with Crippen LogP contribution in [0, 0.1) is 0 Å². The Labute approximate surface area is 157 Å². The van der Waals surface area contributed by atoms with Crippen LogP contribution in [0.2, 0.25) is 0 Å². The van der Waals surface area contributed by atoms with E-state index in [1.165, 1.54) is 23.5 Å². The Morgan fingerprint density at radius 1 is 1.15 bits per heavy atom. The van der Waals surface area contributed by atoms with Gasteiger partial charge in [-0.2, -0.15) is 13.2 Å². The molecule has 0 aliphatic heterocycles. The molecular weight excluding hydrogens is 377 g/mol. The molecule has 0 radical (unpaired) electrons. The summed E-state index contributed by atoms with van der Waals surface area (Å²) in [7, 11) is 0. The fourth-order valence-electron chi connectivity index (χ4n) is 2.29. The van der Waals surface area contributed by atoms with Gasteiger partial charge in [0, 0.05) is 17.5 Å². The Bertz CT molecular complexity index is 894. The van der Waals surface area contributed by atoms with Crippen molar-refractivity contribution < 1.29 is 22.7 Å². The van der Waals surface area contributed by atoms with E-state index in [1.54, 1.807) is 29.8 Å². The number of halogens is 3. The maximum atomic E-state index is 12.6. The Hall–Kier alpha value is -2.87. The molecule has 2 aromatic carbocycles. The van der Waals surface area contributed by atoms with Crippen LogP contribution in [0.5, 0.6) is 5.75 Å². The van der Waals surface area contributed by atoms with Gasteiger partial charge in [0.05, 0.1) is 16.8 Å². The predicted molar refractivity (Wildman–Crippen MR) is 95.5 cm³/mol. The van der Waals surface area contributed by atoms with Gasteiger partial charge in [-0.3, -0.25) is 4.79 Å². The van der Waals surface area contributed by atoms with Crippen molar-refractivity contribution in [1.82, 2.24) is 10.3 Å². The second-order valence-electron chi connectivity index (χ2n) is 5.67. The van der Waals surface area contributed by atoms with Crippen molar-refractivity contribution in [2.45, 2.75) is 19.3 Å². The molecule has 3 aromatic rings. The van der Waals surface area contributed by atoms with E-state index in [2.05, 4.69) is 10.3 Å². The number of hydrogen-bond acceptors (Lipinski definition) is 4. The highest BCUT2D eigenvalue weighted by Crippen LogP contribution is 2.29. The quantitative estimate of drug-likeness (QED) is 0.663. The van der Waals surface area contributed by atoms with Gasteiger partial charge in [-0.25, -0.2) is 4.98 Å². The number of thiazole rings is 1. The highest BCUT2D eigenvalue weighted by Gasteiger charge is 2.29. The SMILES string of the molecule is O=C(NCc1ccc(C(F)(F)F)cc1)c1cccc(OCc2cscn2)c1. The van der Waals surface area contributed by atoms with Crippen LogP contribution in [0.25, 0.3) is 0 Å². The first kappa shape index (κ1) is 18.9. The van der Waals surface area contributed by atoms with Gasteiger partial charge in [0.2, 0.25) is 0 Å². The summed E-state index contributed by atoms with van der Waals surface area (Å²) in [6.07, 6.45) is -4.37. The monoisotopic (exact) mass is 392 g/mol. The van der Waals surface area contributed by atoms with Gasteiger partial charge >= 0.3 is 6.18 Å². The van der Waals surface area contributed by atoms with Crippen LogP contribution < -0.4 is 10.1 Å². The topological polar surface area (TPSA) is 51.2 Å². The summed E-state index contributed by atoms with van der Waals surface area (Å²) in [6.45, 7) is 0.432. The zero-order valence-electron chi connectivity index (χ0n) is 14.0. The number of rotatable bonds is 6. The molecule has 0 aliphatic rings. The minimum absolute atomic E-state index is 0.126. The Morgan fingerprint density at radius 2 is 1.93 bits per heavy atom. The number of amides is 1. The van der Waals surface area contributed by atoms with Gasteiger partial charge in [0.1, 0.15) is 12.4 Å². The molecule has 3 rings (SSSR count). The third-order valence-electron chi connectivity index (χ3n) is 3.70. The van der Waals surface area contributed by atoms with E-state index in [-0.39, 0.29) is 12.5 Å². The standard InChI is InChI=1S/C19H15F3N2O2S/c20-19(21,22)15-6-4-13(5-7-15)9-23-18(25)14-2-1-3-17(8-14)26-10-16-11-27-12-24-16/h1-8,11-12H,9-10H2,(H,23,25). The second-order valence-corrected chi connectivity index (χ2v) is 6.39. The van der Waals surface area contributed by atoms with Crippen LogP contribution in [0.3, 0.4) is 0 Å². The van der Waals surface area contributed by atoms with E-state index >= 15 is 0 Å². The third kappa shape index (κ3) is 5.30.